The molecule has 3 nitrogen and oxygen atoms in total. The number of aromatic amines is 1. The summed E-state index contributed by atoms with van der Waals surface area (Å²) in [4.78, 5) is 8.10. The molecule has 0 saturated heterocycles. The van der Waals surface area contributed by atoms with Crippen LogP contribution in [0.25, 0.3) is 0 Å². The minimum Gasteiger partial charge on any atom is -0.370 e. The minimum absolute atomic E-state index is 0.221. The fraction of sp³-hybridized carbons (Fsp3) is 0.714. The molecule has 104 valence electrons. The summed E-state index contributed by atoms with van der Waals surface area (Å²) in [5.41, 5.74) is 1.01. The van der Waals surface area contributed by atoms with Crippen LogP contribution in [0.1, 0.15) is 62.4 Å². The topological polar surface area (TPSA) is 37.9 Å². The number of hydrogen-bond donors (Lipinski definition) is 1. The van der Waals surface area contributed by atoms with Crippen molar-refractivity contribution in [2.45, 2.75) is 56.5 Å². The number of ether oxygens (including phenoxy) is 1. The van der Waals surface area contributed by atoms with Gasteiger partial charge in [-0.1, -0.05) is 25.1 Å². The Morgan fingerprint density at radius 3 is 2.53 bits per heavy atom. The van der Waals surface area contributed by atoms with Gasteiger partial charge in [0.2, 0.25) is 0 Å². The van der Waals surface area contributed by atoms with Crippen LogP contribution < -0.4 is 0 Å². The molecule has 1 heterocycles. The standard InChI is InChI=1S/C14H19BrN2OS/c1-18-14(7-4-8-14)13-16-11(9-5-2-3-6-9)10(15)12(19)17-13/h9H,2-8H2,1H3,(H,16,17,19). The maximum atomic E-state index is 5.72. The van der Waals surface area contributed by atoms with Crippen LogP contribution in [0.4, 0.5) is 0 Å². The molecule has 2 saturated carbocycles. The lowest BCUT2D eigenvalue weighted by Crippen LogP contribution is -2.38. The Balaban J connectivity index is 2.04. The Morgan fingerprint density at radius 1 is 1.32 bits per heavy atom. The second-order valence-electron chi connectivity index (χ2n) is 5.65. The van der Waals surface area contributed by atoms with Gasteiger partial charge >= 0.3 is 0 Å². The van der Waals surface area contributed by atoms with Crippen molar-refractivity contribution in [1.29, 1.82) is 0 Å². The van der Waals surface area contributed by atoms with Gasteiger partial charge in [0.1, 0.15) is 16.1 Å². The van der Waals surface area contributed by atoms with Crippen LogP contribution in [0.3, 0.4) is 0 Å². The van der Waals surface area contributed by atoms with Crippen LogP contribution in [0.2, 0.25) is 0 Å². The lowest BCUT2D eigenvalue weighted by Gasteiger charge is -2.39. The fourth-order valence-corrected chi connectivity index (χ4v) is 3.94. The number of nitrogens with one attached hydrogen (secondary N) is 1. The van der Waals surface area contributed by atoms with Gasteiger partial charge in [0.25, 0.3) is 0 Å². The largest absolute Gasteiger partial charge is 0.370 e. The molecule has 0 spiro atoms. The summed E-state index contributed by atoms with van der Waals surface area (Å²) in [6.45, 7) is 0. The number of nitrogens with zero attached hydrogens (tertiary/aromatic N) is 1. The molecular formula is C14H19BrN2OS. The number of H-pyrrole nitrogens is 1. The van der Waals surface area contributed by atoms with E-state index in [1.165, 1.54) is 37.8 Å². The van der Waals surface area contributed by atoms with Gasteiger partial charge in [-0.2, -0.15) is 0 Å². The SMILES string of the molecule is COC1(c2nc(=S)c(Br)c(C3CCCC3)[nH]2)CCC1. The van der Waals surface area contributed by atoms with E-state index >= 15 is 0 Å². The predicted octanol–water partition coefficient (Wildman–Crippen LogP) is 4.58. The van der Waals surface area contributed by atoms with Crippen molar-refractivity contribution in [2.75, 3.05) is 7.11 Å². The van der Waals surface area contributed by atoms with Crippen molar-refractivity contribution in [2.24, 2.45) is 0 Å². The zero-order valence-electron chi connectivity index (χ0n) is 11.2. The zero-order valence-corrected chi connectivity index (χ0v) is 13.6. The van der Waals surface area contributed by atoms with Crippen molar-refractivity contribution in [1.82, 2.24) is 9.97 Å². The molecule has 2 aliphatic rings. The van der Waals surface area contributed by atoms with Gasteiger partial charge in [-0.3, -0.25) is 0 Å². The smallest absolute Gasteiger partial charge is 0.144 e. The first kappa shape index (κ1) is 13.7. The number of halogens is 1. The van der Waals surface area contributed by atoms with Crippen LogP contribution in [0, 0.1) is 4.64 Å². The molecule has 0 unspecified atom stereocenters. The molecule has 2 aliphatic carbocycles. The van der Waals surface area contributed by atoms with E-state index < -0.39 is 0 Å². The van der Waals surface area contributed by atoms with Gasteiger partial charge in [-0.15, -0.1) is 0 Å². The van der Waals surface area contributed by atoms with Crippen LogP contribution in [-0.4, -0.2) is 17.1 Å². The van der Waals surface area contributed by atoms with Gasteiger partial charge in [0, 0.05) is 18.7 Å². The van der Waals surface area contributed by atoms with Gasteiger partial charge in [0.05, 0.1) is 4.47 Å². The molecule has 2 fully saturated rings. The van der Waals surface area contributed by atoms with E-state index in [0.717, 1.165) is 23.1 Å². The van der Waals surface area contributed by atoms with Gasteiger partial charge in [-0.25, -0.2) is 4.98 Å². The van der Waals surface area contributed by atoms with E-state index in [9.17, 15) is 0 Å². The lowest BCUT2D eigenvalue weighted by molar-refractivity contribution is -0.0849. The molecular weight excluding hydrogens is 324 g/mol. The van der Waals surface area contributed by atoms with Crippen molar-refractivity contribution in [3.05, 3.63) is 20.6 Å². The van der Waals surface area contributed by atoms with E-state index in [1.54, 1.807) is 7.11 Å². The highest BCUT2D eigenvalue weighted by molar-refractivity contribution is 9.10. The molecule has 0 aliphatic heterocycles. The number of methoxy groups -OCH3 is 1. The Hall–Kier alpha value is -0.260. The number of rotatable bonds is 3. The Morgan fingerprint density at radius 2 is 2.00 bits per heavy atom. The highest BCUT2D eigenvalue weighted by Crippen LogP contribution is 2.44. The maximum Gasteiger partial charge on any atom is 0.144 e. The Bertz CT molecular complexity index is 527. The quantitative estimate of drug-likeness (QED) is 0.816. The summed E-state index contributed by atoms with van der Waals surface area (Å²) in [5.74, 6) is 1.52. The molecule has 19 heavy (non-hydrogen) atoms. The summed E-state index contributed by atoms with van der Waals surface area (Å²) >= 11 is 9.03. The van der Waals surface area contributed by atoms with Crippen LogP contribution >= 0.6 is 28.1 Å². The molecule has 1 N–H and O–H groups in total. The molecule has 0 atom stereocenters. The predicted molar refractivity (Wildman–Crippen MR) is 80.9 cm³/mol. The monoisotopic (exact) mass is 342 g/mol. The summed E-state index contributed by atoms with van der Waals surface area (Å²) in [5, 5.41) is 0. The zero-order chi connectivity index (χ0) is 13.5. The van der Waals surface area contributed by atoms with E-state index in [1.807, 2.05) is 0 Å². The molecule has 5 heteroatoms. The third-order valence-corrected chi connectivity index (χ3v) is 6.00. The average Bonchev–Trinajstić information content (AvgIpc) is 2.86. The highest BCUT2D eigenvalue weighted by Gasteiger charge is 2.41. The van der Waals surface area contributed by atoms with Crippen LogP contribution in [0.5, 0.6) is 0 Å². The second kappa shape index (κ2) is 5.26. The Labute approximate surface area is 127 Å². The summed E-state index contributed by atoms with van der Waals surface area (Å²) in [6.07, 6.45) is 8.38. The van der Waals surface area contributed by atoms with Gasteiger partial charge in [0.15, 0.2) is 0 Å². The fourth-order valence-electron chi connectivity index (χ4n) is 3.22. The summed E-state index contributed by atoms with van der Waals surface area (Å²) in [7, 11) is 1.77. The minimum atomic E-state index is -0.221. The summed E-state index contributed by atoms with van der Waals surface area (Å²) < 4.78 is 7.36. The number of aromatic nitrogens is 2. The van der Waals surface area contributed by atoms with E-state index in [2.05, 4.69) is 25.9 Å². The Kier molecular flexibility index (Phi) is 3.80. The molecule has 0 radical (unpaired) electrons. The average molecular weight is 343 g/mol. The first-order valence-corrected chi connectivity index (χ1v) is 8.22. The molecule has 1 aromatic rings. The van der Waals surface area contributed by atoms with Crippen molar-refractivity contribution in [3.63, 3.8) is 0 Å². The first-order chi connectivity index (χ1) is 9.16. The molecule has 3 rings (SSSR count). The van der Waals surface area contributed by atoms with E-state index in [0.29, 0.717) is 10.6 Å². The normalized spacial score (nSPS) is 22.4. The highest BCUT2D eigenvalue weighted by atomic mass is 79.9. The number of hydrogen-bond acceptors (Lipinski definition) is 3. The van der Waals surface area contributed by atoms with E-state index in [4.69, 9.17) is 17.0 Å². The first-order valence-electron chi connectivity index (χ1n) is 7.01. The van der Waals surface area contributed by atoms with Gasteiger partial charge in [-0.05, 0) is 48.0 Å². The summed E-state index contributed by atoms with van der Waals surface area (Å²) in [6, 6.07) is 0. The van der Waals surface area contributed by atoms with Crippen LogP contribution in [-0.2, 0) is 10.3 Å². The van der Waals surface area contributed by atoms with Crippen molar-refractivity contribution >= 4 is 28.1 Å². The van der Waals surface area contributed by atoms with Crippen LogP contribution in [0.15, 0.2) is 4.47 Å². The molecule has 1 aromatic heterocycles. The van der Waals surface area contributed by atoms with Crippen molar-refractivity contribution in [3.8, 4) is 0 Å². The second-order valence-corrected chi connectivity index (χ2v) is 6.83. The third-order valence-electron chi connectivity index (χ3n) is 4.64. The molecule has 0 amide bonds. The maximum absolute atomic E-state index is 5.72. The van der Waals surface area contributed by atoms with E-state index in [-0.39, 0.29) is 5.60 Å². The third kappa shape index (κ3) is 2.30. The lowest BCUT2D eigenvalue weighted by atomic mass is 9.79. The van der Waals surface area contributed by atoms with Crippen molar-refractivity contribution < 1.29 is 4.74 Å². The molecule has 0 aromatic carbocycles. The molecule has 0 bridgehead atoms. The van der Waals surface area contributed by atoms with Gasteiger partial charge < -0.3 is 9.72 Å².